The minimum absolute atomic E-state index is 0.0381. The highest BCUT2D eigenvalue weighted by atomic mass is 16.5. The van der Waals surface area contributed by atoms with Crippen molar-refractivity contribution in [3.63, 3.8) is 0 Å². The Morgan fingerprint density at radius 1 is 1.30 bits per heavy atom. The van der Waals surface area contributed by atoms with Gasteiger partial charge in [-0.2, -0.15) is 0 Å². The van der Waals surface area contributed by atoms with Gasteiger partial charge in [0.1, 0.15) is 12.3 Å². The van der Waals surface area contributed by atoms with E-state index >= 15 is 0 Å². The molecule has 0 radical (unpaired) electrons. The molecule has 0 aliphatic carbocycles. The van der Waals surface area contributed by atoms with Gasteiger partial charge in [0.2, 0.25) is 5.91 Å². The van der Waals surface area contributed by atoms with Crippen LogP contribution in [-0.4, -0.2) is 67.8 Å². The van der Waals surface area contributed by atoms with Crippen molar-refractivity contribution in [2.24, 2.45) is 0 Å². The van der Waals surface area contributed by atoms with Gasteiger partial charge in [-0.3, -0.25) is 14.6 Å². The maximum Gasteiger partial charge on any atom is 0.272 e. The van der Waals surface area contributed by atoms with Crippen molar-refractivity contribution in [3.05, 3.63) is 30.1 Å². The van der Waals surface area contributed by atoms with Crippen LogP contribution in [0.5, 0.6) is 0 Å². The second kappa shape index (κ2) is 9.22. The minimum Gasteiger partial charge on any atom is -0.382 e. The number of aromatic nitrogens is 1. The predicted octanol–water partition coefficient (Wildman–Crippen LogP) is 0.465. The normalized spacial score (nSPS) is 15.4. The molecule has 1 fully saturated rings. The average Bonchev–Trinajstić information content (AvgIpc) is 2.59. The summed E-state index contributed by atoms with van der Waals surface area (Å²) in [6.07, 6.45) is 3.09. The lowest BCUT2D eigenvalue weighted by molar-refractivity contribution is -0.127. The van der Waals surface area contributed by atoms with Gasteiger partial charge in [0.15, 0.2) is 0 Å². The van der Waals surface area contributed by atoms with E-state index in [1.807, 2.05) is 0 Å². The first kappa shape index (κ1) is 17.4. The second-order valence-electron chi connectivity index (χ2n) is 5.39. The van der Waals surface area contributed by atoms with Crippen LogP contribution in [0.3, 0.4) is 0 Å². The first-order chi connectivity index (χ1) is 11.2. The van der Waals surface area contributed by atoms with Gasteiger partial charge >= 0.3 is 0 Å². The summed E-state index contributed by atoms with van der Waals surface area (Å²) in [7, 11) is 1.59. The Morgan fingerprint density at radius 2 is 2.09 bits per heavy atom. The van der Waals surface area contributed by atoms with E-state index in [4.69, 9.17) is 9.47 Å². The summed E-state index contributed by atoms with van der Waals surface area (Å²) in [5.74, 6) is -0.186. The fourth-order valence-corrected chi connectivity index (χ4v) is 2.45. The second-order valence-corrected chi connectivity index (χ2v) is 5.39. The van der Waals surface area contributed by atoms with Crippen molar-refractivity contribution in [2.45, 2.75) is 18.9 Å². The molecule has 2 heterocycles. The fraction of sp³-hybridized carbons (Fsp3) is 0.562. The molecule has 0 aromatic carbocycles. The van der Waals surface area contributed by atoms with Crippen molar-refractivity contribution in [2.75, 3.05) is 40.0 Å². The summed E-state index contributed by atoms with van der Waals surface area (Å²) < 4.78 is 10.0. The molecule has 1 aliphatic heterocycles. The number of nitrogens with one attached hydrogen (secondary N) is 1. The van der Waals surface area contributed by atoms with Gasteiger partial charge in [0, 0.05) is 32.4 Å². The molecule has 1 saturated heterocycles. The number of rotatable bonds is 7. The van der Waals surface area contributed by atoms with Crippen LogP contribution in [0.2, 0.25) is 0 Å². The molecular formula is C16H23N3O4. The Balaban J connectivity index is 1.69. The number of amides is 2. The van der Waals surface area contributed by atoms with Crippen molar-refractivity contribution < 1.29 is 19.1 Å². The van der Waals surface area contributed by atoms with E-state index in [9.17, 15) is 9.59 Å². The summed E-state index contributed by atoms with van der Waals surface area (Å²) in [6, 6.07) is 5.39. The molecule has 1 N–H and O–H groups in total. The van der Waals surface area contributed by atoms with Gasteiger partial charge in [0.25, 0.3) is 5.91 Å². The third-order valence-corrected chi connectivity index (χ3v) is 3.70. The van der Waals surface area contributed by atoms with Gasteiger partial charge in [-0.1, -0.05) is 6.07 Å². The van der Waals surface area contributed by atoms with Gasteiger partial charge in [-0.25, -0.2) is 0 Å². The van der Waals surface area contributed by atoms with E-state index in [1.54, 1.807) is 36.4 Å². The number of pyridine rings is 1. The lowest BCUT2D eigenvalue weighted by Gasteiger charge is -2.32. The summed E-state index contributed by atoms with van der Waals surface area (Å²) in [6.45, 7) is 2.15. The van der Waals surface area contributed by atoms with Crippen LogP contribution in [0.15, 0.2) is 24.4 Å². The molecule has 2 rings (SSSR count). The highest BCUT2D eigenvalue weighted by molar-refractivity contribution is 5.92. The van der Waals surface area contributed by atoms with E-state index in [0.717, 1.165) is 12.8 Å². The predicted molar refractivity (Wildman–Crippen MR) is 84.0 cm³/mol. The fourth-order valence-electron chi connectivity index (χ4n) is 2.45. The molecular weight excluding hydrogens is 298 g/mol. The first-order valence-corrected chi connectivity index (χ1v) is 7.77. The van der Waals surface area contributed by atoms with Gasteiger partial charge in [-0.05, 0) is 25.0 Å². The van der Waals surface area contributed by atoms with Crippen LogP contribution in [0, 0.1) is 0 Å². The molecule has 7 heteroatoms. The maximum atomic E-state index is 12.3. The standard InChI is InChI=1S/C16H23N3O4/c1-22-10-11-23-12-15(20)18-13-5-8-19(9-6-13)16(21)14-4-2-3-7-17-14/h2-4,7,13H,5-6,8-12H2,1H3,(H,18,20). The average molecular weight is 321 g/mol. The Bertz CT molecular complexity index is 501. The summed E-state index contributed by atoms with van der Waals surface area (Å²) in [4.78, 5) is 29.9. The number of carbonyl (C=O) groups is 2. The zero-order valence-electron chi connectivity index (χ0n) is 13.4. The highest BCUT2D eigenvalue weighted by Crippen LogP contribution is 2.13. The lowest BCUT2D eigenvalue weighted by Crippen LogP contribution is -2.47. The number of hydrogen-bond acceptors (Lipinski definition) is 5. The number of likely N-dealkylation sites (tertiary alicyclic amines) is 1. The number of carbonyl (C=O) groups excluding carboxylic acids is 2. The molecule has 0 atom stereocenters. The van der Waals surface area contributed by atoms with Crippen LogP contribution in [-0.2, 0) is 14.3 Å². The van der Waals surface area contributed by atoms with E-state index in [0.29, 0.717) is 32.0 Å². The van der Waals surface area contributed by atoms with Crippen LogP contribution < -0.4 is 5.32 Å². The Kier molecular flexibility index (Phi) is 6.96. The summed E-state index contributed by atoms with van der Waals surface area (Å²) in [5.41, 5.74) is 0.460. The zero-order valence-corrected chi connectivity index (χ0v) is 13.4. The summed E-state index contributed by atoms with van der Waals surface area (Å²) >= 11 is 0. The van der Waals surface area contributed by atoms with Gasteiger partial charge in [0.05, 0.1) is 13.2 Å². The topological polar surface area (TPSA) is 80.8 Å². The smallest absolute Gasteiger partial charge is 0.272 e. The number of hydrogen-bond donors (Lipinski definition) is 1. The van der Waals surface area contributed by atoms with Crippen molar-refractivity contribution in [1.29, 1.82) is 0 Å². The van der Waals surface area contributed by atoms with Gasteiger partial charge in [-0.15, -0.1) is 0 Å². The number of nitrogens with zero attached hydrogens (tertiary/aromatic N) is 2. The molecule has 1 aromatic rings. The number of piperidine rings is 1. The third kappa shape index (κ3) is 5.61. The summed E-state index contributed by atoms with van der Waals surface area (Å²) in [5, 5.41) is 2.94. The molecule has 126 valence electrons. The van der Waals surface area contributed by atoms with Crippen LogP contribution in [0.1, 0.15) is 23.3 Å². The van der Waals surface area contributed by atoms with Crippen molar-refractivity contribution in [1.82, 2.24) is 15.2 Å². The molecule has 7 nitrogen and oxygen atoms in total. The molecule has 0 spiro atoms. The third-order valence-electron chi connectivity index (χ3n) is 3.70. The highest BCUT2D eigenvalue weighted by Gasteiger charge is 2.25. The minimum atomic E-state index is -0.129. The van der Waals surface area contributed by atoms with E-state index in [2.05, 4.69) is 10.3 Å². The van der Waals surface area contributed by atoms with Crippen LogP contribution in [0.25, 0.3) is 0 Å². The Morgan fingerprint density at radius 3 is 2.74 bits per heavy atom. The van der Waals surface area contributed by atoms with Crippen molar-refractivity contribution >= 4 is 11.8 Å². The molecule has 1 aromatic heterocycles. The van der Waals surface area contributed by atoms with Crippen molar-refractivity contribution in [3.8, 4) is 0 Å². The van der Waals surface area contributed by atoms with Crippen LogP contribution in [0.4, 0.5) is 0 Å². The molecule has 0 bridgehead atoms. The number of ether oxygens (including phenoxy) is 2. The SMILES string of the molecule is COCCOCC(=O)NC1CCN(C(=O)c2ccccn2)CC1. The molecule has 0 saturated carbocycles. The molecule has 23 heavy (non-hydrogen) atoms. The van der Waals surface area contributed by atoms with Crippen LogP contribution >= 0.6 is 0 Å². The first-order valence-electron chi connectivity index (χ1n) is 7.77. The Labute approximate surface area is 136 Å². The van der Waals surface area contributed by atoms with E-state index in [1.165, 1.54) is 0 Å². The quantitative estimate of drug-likeness (QED) is 0.738. The largest absolute Gasteiger partial charge is 0.382 e. The van der Waals surface area contributed by atoms with E-state index < -0.39 is 0 Å². The number of methoxy groups -OCH3 is 1. The maximum absolute atomic E-state index is 12.3. The Hall–Kier alpha value is -1.99. The zero-order chi connectivity index (χ0) is 16.5. The van der Waals surface area contributed by atoms with Gasteiger partial charge < -0.3 is 19.7 Å². The monoisotopic (exact) mass is 321 g/mol. The molecule has 2 amide bonds. The molecule has 0 unspecified atom stereocenters. The lowest BCUT2D eigenvalue weighted by atomic mass is 10.0. The van der Waals surface area contributed by atoms with E-state index in [-0.39, 0.29) is 24.5 Å². The molecule has 1 aliphatic rings.